The van der Waals surface area contributed by atoms with E-state index in [0.717, 1.165) is 0 Å². The van der Waals surface area contributed by atoms with Crippen LogP contribution < -0.4 is 0 Å². The second-order valence-electron chi connectivity index (χ2n) is 4.24. The molecule has 1 rings (SSSR count). The summed E-state index contributed by atoms with van der Waals surface area (Å²) in [6.45, 7) is 5.98. The van der Waals surface area contributed by atoms with Gasteiger partial charge in [-0.15, -0.1) is 0 Å². The summed E-state index contributed by atoms with van der Waals surface area (Å²) < 4.78 is 5.07. The largest absolute Gasteiger partial charge is 0.484 e. The van der Waals surface area contributed by atoms with E-state index in [2.05, 4.69) is 0 Å². The maximum absolute atomic E-state index is 10.9. The molecule has 0 heterocycles. The third-order valence-electron chi connectivity index (χ3n) is 2.92. The highest BCUT2D eigenvalue weighted by Gasteiger charge is 2.61. The number of carboxylic acid groups (broad SMARTS) is 1. The van der Waals surface area contributed by atoms with E-state index in [0.29, 0.717) is 6.61 Å². The van der Waals surface area contributed by atoms with Crippen LogP contribution in [0.15, 0.2) is 11.8 Å². The van der Waals surface area contributed by atoms with Gasteiger partial charge in [0.15, 0.2) is 5.76 Å². The van der Waals surface area contributed by atoms with Crippen molar-refractivity contribution in [2.24, 2.45) is 17.3 Å². The van der Waals surface area contributed by atoms with Crippen LogP contribution in [0.4, 0.5) is 0 Å². The molecule has 1 fully saturated rings. The number of carbonyl (C=O) groups is 1. The fourth-order valence-electron chi connectivity index (χ4n) is 1.90. The molecule has 2 atom stereocenters. The molecule has 0 aromatic rings. The van der Waals surface area contributed by atoms with Crippen LogP contribution in [0, 0.1) is 28.6 Å². The van der Waals surface area contributed by atoms with E-state index < -0.39 is 11.9 Å². The van der Waals surface area contributed by atoms with Gasteiger partial charge >= 0.3 is 5.97 Å². The number of rotatable bonds is 4. The topological polar surface area (TPSA) is 70.3 Å². The molecule has 1 unspecified atom stereocenters. The lowest BCUT2D eigenvalue weighted by atomic mass is 10.1. The van der Waals surface area contributed by atoms with E-state index in [4.69, 9.17) is 15.1 Å². The molecular weight excluding hydrogens is 194 g/mol. The Morgan fingerprint density at radius 3 is 2.60 bits per heavy atom. The van der Waals surface area contributed by atoms with Crippen molar-refractivity contribution in [1.82, 2.24) is 0 Å². The van der Waals surface area contributed by atoms with Crippen molar-refractivity contribution in [1.29, 1.82) is 5.26 Å². The van der Waals surface area contributed by atoms with Gasteiger partial charge in [-0.1, -0.05) is 13.8 Å². The van der Waals surface area contributed by atoms with Gasteiger partial charge in [0.25, 0.3) is 0 Å². The van der Waals surface area contributed by atoms with Gasteiger partial charge in [0, 0.05) is 5.92 Å². The van der Waals surface area contributed by atoms with E-state index in [1.807, 2.05) is 19.9 Å². The Morgan fingerprint density at radius 1 is 1.67 bits per heavy atom. The summed E-state index contributed by atoms with van der Waals surface area (Å²) in [5.74, 6) is -1.09. The third-order valence-corrected chi connectivity index (χ3v) is 2.92. The molecule has 0 bridgehead atoms. The summed E-state index contributed by atoms with van der Waals surface area (Å²) in [7, 11) is 0. The predicted molar refractivity (Wildman–Crippen MR) is 53.7 cm³/mol. The third kappa shape index (κ3) is 2.12. The zero-order valence-corrected chi connectivity index (χ0v) is 9.15. The second-order valence-corrected chi connectivity index (χ2v) is 4.24. The number of ether oxygens (including phenoxy) is 1. The van der Waals surface area contributed by atoms with Gasteiger partial charge in [-0.05, 0) is 18.4 Å². The van der Waals surface area contributed by atoms with Gasteiger partial charge in [0.05, 0.1) is 12.5 Å². The number of hydrogen-bond donors (Lipinski definition) is 1. The lowest BCUT2D eigenvalue weighted by molar-refractivity contribution is -0.139. The number of nitriles is 1. The molecule has 0 amide bonds. The normalized spacial score (nSPS) is 28.0. The van der Waals surface area contributed by atoms with Gasteiger partial charge < -0.3 is 9.84 Å². The Kier molecular flexibility index (Phi) is 3.04. The van der Waals surface area contributed by atoms with E-state index >= 15 is 0 Å². The summed E-state index contributed by atoms with van der Waals surface area (Å²) in [6, 6.07) is 1.92. The minimum absolute atomic E-state index is 0.101. The maximum Gasteiger partial charge on any atom is 0.307 e. The van der Waals surface area contributed by atoms with Crippen LogP contribution in [0.1, 0.15) is 20.8 Å². The first-order chi connectivity index (χ1) is 6.95. The number of hydrogen-bond acceptors (Lipinski definition) is 3. The quantitative estimate of drug-likeness (QED) is 0.566. The predicted octanol–water partition coefficient (Wildman–Crippen LogP) is 1.79. The Morgan fingerprint density at radius 2 is 2.27 bits per heavy atom. The molecule has 0 spiro atoms. The molecule has 4 heteroatoms. The minimum Gasteiger partial charge on any atom is -0.484 e. The Bertz CT molecular complexity index is 338. The monoisotopic (exact) mass is 209 g/mol. The number of allylic oxidation sites excluding steroid dienone is 2. The lowest BCUT2D eigenvalue weighted by Crippen LogP contribution is -2.03. The van der Waals surface area contributed by atoms with Crippen LogP contribution in [0.25, 0.3) is 0 Å². The molecule has 82 valence electrons. The Labute approximate surface area is 89.2 Å². The fourth-order valence-corrected chi connectivity index (χ4v) is 1.90. The SMILES string of the molecule is CCOC(C#N)=CC1[C@@H](C(=O)O)C1(C)C. The van der Waals surface area contributed by atoms with Crippen LogP contribution in [-0.4, -0.2) is 17.7 Å². The van der Waals surface area contributed by atoms with Crippen molar-refractivity contribution in [3.8, 4) is 6.07 Å². The van der Waals surface area contributed by atoms with E-state index in [1.165, 1.54) is 0 Å². The smallest absolute Gasteiger partial charge is 0.307 e. The molecule has 1 saturated carbocycles. The molecule has 1 N–H and O–H groups in total. The van der Waals surface area contributed by atoms with Crippen molar-refractivity contribution in [2.75, 3.05) is 6.61 Å². The Balaban J connectivity index is 2.76. The van der Waals surface area contributed by atoms with Gasteiger partial charge in [0.1, 0.15) is 6.07 Å². The van der Waals surface area contributed by atoms with Crippen LogP contribution in [0.3, 0.4) is 0 Å². The fraction of sp³-hybridized carbons (Fsp3) is 0.636. The van der Waals surface area contributed by atoms with Crippen LogP contribution >= 0.6 is 0 Å². The van der Waals surface area contributed by atoms with Crippen molar-refractivity contribution in [3.05, 3.63) is 11.8 Å². The standard InChI is InChI=1S/C11H15NO3/c1-4-15-7(6-12)5-8-9(10(13)14)11(8,2)3/h5,8-9H,4H2,1-3H3,(H,13,14)/t8?,9-/m0/s1. The molecule has 0 radical (unpaired) electrons. The van der Waals surface area contributed by atoms with Gasteiger partial charge in [-0.2, -0.15) is 5.26 Å². The molecular formula is C11H15NO3. The van der Waals surface area contributed by atoms with E-state index in [9.17, 15) is 4.79 Å². The van der Waals surface area contributed by atoms with Gasteiger partial charge in [0.2, 0.25) is 0 Å². The lowest BCUT2D eigenvalue weighted by Gasteiger charge is -2.00. The summed E-state index contributed by atoms with van der Waals surface area (Å²) in [6.07, 6.45) is 1.63. The molecule has 1 aliphatic rings. The number of nitrogens with zero attached hydrogens (tertiary/aromatic N) is 1. The average Bonchev–Trinajstić information content (AvgIpc) is 2.67. The van der Waals surface area contributed by atoms with Crippen LogP contribution in [0.5, 0.6) is 0 Å². The van der Waals surface area contributed by atoms with Crippen molar-refractivity contribution >= 4 is 5.97 Å². The molecule has 0 saturated heterocycles. The first-order valence-electron chi connectivity index (χ1n) is 4.92. The summed E-state index contributed by atoms with van der Waals surface area (Å²) >= 11 is 0. The molecule has 1 aliphatic carbocycles. The molecule has 15 heavy (non-hydrogen) atoms. The second kappa shape index (κ2) is 3.93. The highest BCUT2D eigenvalue weighted by Crippen LogP contribution is 2.59. The number of carboxylic acids is 1. The first kappa shape index (κ1) is 11.6. The molecule has 0 aromatic carbocycles. The van der Waals surface area contributed by atoms with Crippen LogP contribution in [-0.2, 0) is 9.53 Å². The highest BCUT2D eigenvalue weighted by atomic mass is 16.5. The van der Waals surface area contributed by atoms with Crippen molar-refractivity contribution < 1.29 is 14.6 Å². The number of aliphatic carboxylic acids is 1. The highest BCUT2D eigenvalue weighted by molar-refractivity contribution is 5.76. The molecule has 0 aromatic heterocycles. The zero-order chi connectivity index (χ0) is 11.6. The van der Waals surface area contributed by atoms with E-state index in [-0.39, 0.29) is 17.1 Å². The Hall–Kier alpha value is -1.50. The first-order valence-corrected chi connectivity index (χ1v) is 4.92. The summed E-state index contributed by atoms with van der Waals surface area (Å²) in [5, 5.41) is 17.7. The van der Waals surface area contributed by atoms with Gasteiger partial charge in [-0.3, -0.25) is 4.79 Å². The zero-order valence-electron chi connectivity index (χ0n) is 9.15. The van der Waals surface area contributed by atoms with Crippen molar-refractivity contribution in [2.45, 2.75) is 20.8 Å². The summed E-state index contributed by atoms with van der Waals surface area (Å²) in [4.78, 5) is 10.9. The van der Waals surface area contributed by atoms with Gasteiger partial charge in [-0.25, -0.2) is 0 Å². The van der Waals surface area contributed by atoms with E-state index in [1.54, 1.807) is 13.0 Å². The average molecular weight is 209 g/mol. The van der Waals surface area contributed by atoms with Crippen molar-refractivity contribution in [3.63, 3.8) is 0 Å². The molecule has 0 aliphatic heterocycles. The molecule has 4 nitrogen and oxygen atoms in total. The van der Waals surface area contributed by atoms with Crippen LogP contribution in [0.2, 0.25) is 0 Å². The minimum atomic E-state index is -0.810. The maximum atomic E-state index is 10.9. The summed E-state index contributed by atoms with van der Waals surface area (Å²) in [5.41, 5.74) is -0.273.